The van der Waals surface area contributed by atoms with Gasteiger partial charge in [-0.05, 0) is 35.7 Å². The minimum Gasteiger partial charge on any atom is -0.497 e. The van der Waals surface area contributed by atoms with Crippen LogP contribution in [0.3, 0.4) is 0 Å². The third-order valence-electron chi connectivity index (χ3n) is 3.54. The predicted molar refractivity (Wildman–Crippen MR) is 100 cm³/mol. The molecule has 1 aromatic carbocycles. The molecule has 0 bridgehead atoms. The van der Waals surface area contributed by atoms with Gasteiger partial charge in [0.2, 0.25) is 5.91 Å². The van der Waals surface area contributed by atoms with E-state index >= 15 is 0 Å². The summed E-state index contributed by atoms with van der Waals surface area (Å²) in [6, 6.07) is 11.3. The molecular weight excluding hydrogens is 356 g/mol. The van der Waals surface area contributed by atoms with E-state index in [1.54, 1.807) is 18.4 Å². The number of methoxy groups -OCH3 is 1. The van der Waals surface area contributed by atoms with Gasteiger partial charge in [0.15, 0.2) is 5.16 Å². The normalized spacial score (nSPS) is 10.6. The van der Waals surface area contributed by atoms with Crippen LogP contribution in [0.25, 0.3) is 0 Å². The van der Waals surface area contributed by atoms with E-state index in [0.29, 0.717) is 0 Å². The number of ether oxygens (including phenoxy) is 1. The van der Waals surface area contributed by atoms with Crippen molar-refractivity contribution in [3.8, 4) is 5.75 Å². The molecule has 0 aliphatic carbocycles. The molecular formula is C17H18N4O2S2. The number of carbonyl (C=O) groups excluding carboxylic acids is 1. The number of aromatic nitrogens is 3. The third kappa shape index (κ3) is 4.61. The van der Waals surface area contributed by atoms with Gasteiger partial charge in [0.05, 0.1) is 12.9 Å². The fraction of sp³-hybridized carbons (Fsp3) is 0.235. The average molecular weight is 374 g/mol. The molecule has 3 aromatic rings. The maximum absolute atomic E-state index is 12.1. The maximum atomic E-state index is 12.1. The van der Waals surface area contributed by atoms with Gasteiger partial charge >= 0.3 is 0 Å². The summed E-state index contributed by atoms with van der Waals surface area (Å²) in [6.45, 7) is 0. The van der Waals surface area contributed by atoms with Crippen LogP contribution in [0.4, 0.5) is 5.69 Å². The Hall–Kier alpha value is -2.32. The number of thiophene rings is 1. The van der Waals surface area contributed by atoms with Gasteiger partial charge in [-0.25, -0.2) is 0 Å². The Morgan fingerprint density at radius 3 is 2.76 bits per heavy atom. The molecule has 8 heteroatoms. The lowest BCUT2D eigenvalue weighted by atomic mass is 10.3. The highest BCUT2D eigenvalue weighted by Crippen LogP contribution is 2.20. The van der Waals surface area contributed by atoms with E-state index in [1.165, 1.54) is 16.6 Å². The number of anilines is 1. The Kier molecular flexibility index (Phi) is 5.72. The summed E-state index contributed by atoms with van der Waals surface area (Å²) in [4.78, 5) is 13.3. The maximum Gasteiger partial charge on any atom is 0.234 e. The summed E-state index contributed by atoms with van der Waals surface area (Å²) in [6.07, 6.45) is 0.750. The summed E-state index contributed by atoms with van der Waals surface area (Å²) in [7, 11) is 3.53. The van der Waals surface area contributed by atoms with Crippen LogP contribution in [-0.2, 0) is 18.3 Å². The molecule has 0 saturated heterocycles. The Morgan fingerprint density at radius 2 is 2.08 bits per heavy atom. The molecule has 6 nitrogen and oxygen atoms in total. The molecule has 25 heavy (non-hydrogen) atoms. The number of hydrogen-bond acceptors (Lipinski definition) is 6. The van der Waals surface area contributed by atoms with Gasteiger partial charge in [0.1, 0.15) is 11.6 Å². The lowest BCUT2D eigenvalue weighted by Gasteiger charge is -2.06. The van der Waals surface area contributed by atoms with Crippen LogP contribution in [0.15, 0.2) is 46.9 Å². The van der Waals surface area contributed by atoms with Gasteiger partial charge in [0, 0.05) is 24.0 Å². The molecule has 2 heterocycles. The van der Waals surface area contributed by atoms with Crippen LogP contribution < -0.4 is 10.1 Å². The molecule has 130 valence electrons. The summed E-state index contributed by atoms with van der Waals surface area (Å²) >= 11 is 3.07. The fourth-order valence-corrected chi connectivity index (χ4v) is 3.63. The molecule has 0 atom stereocenters. The van der Waals surface area contributed by atoms with Crippen LogP contribution in [0.1, 0.15) is 10.7 Å². The number of nitrogens with zero attached hydrogens (tertiary/aromatic N) is 3. The summed E-state index contributed by atoms with van der Waals surface area (Å²) < 4.78 is 7.03. The number of benzene rings is 1. The summed E-state index contributed by atoms with van der Waals surface area (Å²) in [5.74, 6) is 1.83. The Morgan fingerprint density at radius 1 is 1.28 bits per heavy atom. The first-order valence-corrected chi connectivity index (χ1v) is 9.49. The lowest BCUT2D eigenvalue weighted by Crippen LogP contribution is -2.14. The van der Waals surface area contributed by atoms with Crippen molar-refractivity contribution >= 4 is 34.7 Å². The highest BCUT2D eigenvalue weighted by atomic mass is 32.2. The van der Waals surface area contributed by atoms with Crippen LogP contribution in [0.2, 0.25) is 0 Å². The number of carbonyl (C=O) groups is 1. The minimum absolute atomic E-state index is 0.0852. The lowest BCUT2D eigenvalue weighted by molar-refractivity contribution is -0.113. The van der Waals surface area contributed by atoms with Crippen molar-refractivity contribution < 1.29 is 9.53 Å². The van der Waals surface area contributed by atoms with Crippen molar-refractivity contribution in [2.24, 2.45) is 7.05 Å². The van der Waals surface area contributed by atoms with Crippen LogP contribution in [0, 0.1) is 0 Å². The average Bonchev–Trinajstić information content (AvgIpc) is 3.25. The van der Waals surface area contributed by atoms with Gasteiger partial charge in [-0.1, -0.05) is 17.8 Å². The van der Waals surface area contributed by atoms with Gasteiger partial charge < -0.3 is 14.6 Å². The quantitative estimate of drug-likeness (QED) is 0.643. The van der Waals surface area contributed by atoms with E-state index in [0.717, 1.165) is 28.8 Å². The zero-order valence-electron chi connectivity index (χ0n) is 13.9. The zero-order valence-corrected chi connectivity index (χ0v) is 15.6. The molecule has 0 radical (unpaired) electrons. The molecule has 2 aromatic heterocycles. The van der Waals surface area contributed by atoms with E-state index in [9.17, 15) is 4.79 Å². The Balaban J connectivity index is 1.54. The van der Waals surface area contributed by atoms with Gasteiger partial charge in [0.25, 0.3) is 0 Å². The first-order valence-electron chi connectivity index (χ1n) is 7.63. The van der Waals surface area contributed by atoms with Crippen molar-refractivity contribution in [3.63, 3.8) is 0 Å². The topological polar surface area (TPSA) is 69.0 Å². The highest BCUT2D eigenvalue weighted by Gasteiger charge is 2.12. The van der Waals surface area contributed by atoms with Crippen molar-refractivity contribution in [3.05, 3.63) is 52.5 Å². The Labute approximate surface area is 154 Å². The molecule has 0 unspecified atom stereocenters. The number of thioether (sulfide) groups is 1. The molecule has 0 saturated carbocycles. The first-order chi connectivity index (χ1) is 12.2. The van der Waals surface area contributed by atoms with E-state index < -0.39 is 0 Å². The number of hydrogen-bond donors (Lipinski definition) is 1. The van der Waals surface area contributed by atoms with E-state index in [-0.39, 0.29) is 11.7 Å². The molecule has 0 aliphatic heterocycles. The van der Waals surface area contributed by atoms with Crippen LogP contribution in [0.5, 0.6) is 5.75 Å². The summed E-state index contributed by atoms with van der Waals surface area (Å²) in [5, 5.41) is 14.0. The van der Waals surface area contributed by atoms with E-state index in [4.69, 9.17) is 4.74 Å². The van der Waals surface area contributed by atoms with Crippen molar-refractivity contribution in [1.29, 1.82) is 0 Å². The monoisotopic (exact) mass is 374 g/mol. The van der Waals surface area contributed by atoms with Gasteiger partial charge in [-0.2, -0.15) is 0 Å². The second kappa shape index (κ2) is 8.17. The van der Waals surface area contributed by atoms with E-state index in [1.807, 2.05) is 47.3 Å². The molecule has 1 amide bonds. The number of nitrogens with one attached hydrogen (secondary N) is 1. The molecule has 1 N–H and O–H groups in total. The standard InChI is InChI=1S/C17H18N4O2S2/c1-21-15(10-14-4-3-9-24-14)19-20-17(21)25-11-16(22)18-12-5-7-13(23-2)8-6-12/h3-9H,10-11H2,1-2H3,(H,18,22). The van der Waals surface area contributed by atoms with Crippen molar-refractivity contribution in [2.75, 3.05) is 18.2 Å². The van der Waals surface area contributed by atoms with E-state index in [2.05, 4.69) is 21.6 Å². The first kappa shape index (κ1) is 17.5. The molecule has 0 aliphatic rings. The van der Waals surface area contributed by atoms with Gasteiger partial charge in [-0.3, -0.25) is 4.79 Å². The van der Waals surface area contributed by atoms with Crippen molar-refractivity contribution in [1.82, 2.24) is 14.8 Å². The smallest absolute Gasteiger partial charge is 0.234 e. The molecule has 3 rings (SSSR count). The second-order valence-electron chi connectivity index (χ2n) is 5.28. The number of amides is 1. The second-order valence-corrected chi connectivity index (χ2v) is 7.25. The van der Waals surface area contributed by atoms with Crippen molar-refractivity contribution in [2.45, 2.75) is 11.6 Å². The largest absolute Gasteiger partial charge is 0.497 e. The van der Waals surface area contributed by atoms with Crippen LogP contribution >= 0.6 is 23.1 Å². The van der Waals surface area contributed by atoms with Gasteiger partial charge in [-0.15, -0.1) is 21.5 Å². The molecule has 0 fully saturated rings. The van der Waals surface area contributed by atoms with Crippen LogP contribution in [-0.4, -0.2) is 33.5 Å². The Bertz CT molecular complexity index is 829. The summed E-state index contributed by atoms with van der Waals surface area (Å²) in [5.41, 5.74) is 0.739. The zero-order chi connectivity index (χ0) is 17.6. The SMILES string of the molecule is COc1ccc(NC(=O)CSc2nnc(Cc3cccs3)n2C)cc1. The highest BCUT2D eigenvalue weighted by molar-refractivity contribution is 7.99. The number of rotatable bonds is 7. The molecule has 0 spiro atoms. The third-order valence-corrected chi connectivity index (χ3v) is 5.44. The minimum atomic E-state index is -0.0852. The fourth-order valence-electron chi connectivity index (χ4n) is 2.20. The predicted octanol–water partition coefficient (Wildman–Crippen LogP) is 3.21.